The molecule has 0 saturated carbocycles. The smallest absolute Gasteiger partial charge is 0.314 e. The van der Waals surface area contributed by atoms with Gasteiger partial charge < -0.3 is 5.32 Å². The van der Waals surface area contributed by atoms with E-state index in [2.05, 4.69) is 5.32 Å². The summed E-state index contributed by atoms with van der Waals surface area (Å²) in [6.45, 7) is 3.94. The van der Waals surface area contributed by atoms with Crippen LogP contribution in [-0.4, -0.2) is 37.3 Å². The topological polar surface area (TPSA) is 15.3 Å². The van der Waals surface area contributed by atoms with E-state index in [-0.39, 0.29) is 0 Å². The molecular weight excluding hydrogens is 289 g/mol. The summed E-state index contributed by atoms with van der Waals surface area (Å²) in [5.74, 6) is 0. The normalized spacial score (nSPS) is 18.5. The zero-order chi connectivity index (χ0) is 15.7. The molecule has 1 saturated heterocycles. The van der Waals surface area contributed by atoms with Crippen molar-refractivity contribution in [1.29, 1.82) is 0 Å². The summed E-state index contributed by atoms with van der Waals surface area (Å²) in [6, 6.07) is 9.23. The standard InChI is InChI=1S/C17H19F3N2/c1-12-6-7-15(14-5-3-2-4-13(12)14)16(17(18,19)20)22-10-8-21-9-11-22/h2-7,16,21H,8-11H2,1H3/t16-/m1/s1. The molecule has 0 aliphatic carbocycles. The van der Waals surface area contributed by atoms with Crippen molar-refractivity contribution in [3.05, 3.63) is 47.5 Å². The Morgan fingerprint density at radius 3 is 2.27 bits per heavy atom. The summed E-state index contributed by atoms with van der Waals surface area (Å²) >= 11 is 0. The maximum absolute atomic E-state index is 13.8. The lowest BCUT2D eigenvalue weighted by Gasteiger charge is -2.36. The summed E-state index contributed by atoms with van der Waals surface area (Å²) < 4.78 is 41.3. The first kappa shape index (κ1) is 15.3. The molecule has 0 amide bonds. The summed E-state index contributed by atoms with van der Waals surface area (Å²) in [5.41, 5.74) is 1.36. The van der Waals surface area contributed by atoms with Gasteiger partial charge >= 0.3 is 6.18 Å². The van der Waals surface area contributed by atoms with E-state index in [9.17, 15) is 13.2 Å². The van der Waals surface area contributed by atoms with Crippen LogP contribution in [0.15, 0.2) is 36.4 Å². The Labute approximate surface area is 127 Å². The van der Waals surface area contributed by atoms with Crippen LogP contribution in [-0.2, 0) is 0 Å². The third-order valence-electron chi connectivity index (χ3n) is 4.30. The summed E-state index contributed by atoms with van der Waals surface area (Å²) in [4.78, 5) is 1.54. The Balaban J connectivity index is 2.14. The third kappa shape index (κ3) is 2.83. The summed E-state index contributed by atoms with van der Waals surface area (Å²) in [7, 11) is 0. The van der Waals surface area contributed by atoms with Crippen molar-refractivity contribution < 1.29 is 13.2 Å². The van der Waals surface area contributed by atoms with Crippen molar-refractivity contribution >= 4 is 10.8 Å². The molecule has 2 aromatic carbocycles. The van der Waals surface area contributed by atoms with Crippen molar-refractivity contribution in [2.75, 3.05) is 26.2 Å². The van der Waals surface area contributed by atoms with Gasteiger partial charge in [-0.15, -0.1) is 0 Å². The number of benzene rings is 2. The molecule has 1 heterocycles. The lowest BCUT2D eigenvalue weighted by Crippen LogP contribution is -2.49. The van der Waals surface area contributed by atoms with Crippen molar-refractivity contribution in [1.82, 2.24) is 10.2 Å². The van der Waals surface area contributed by atoms with Gasteiger partial charge in [-0.3, -0.25) is 4.90 Å². The SMILES string of the molecule is Cc1ccc([C@@H](N2CCNCC2)C(F)(F)F)c2ccccc12. The van der Waals surface area contributed by atoms with Gasteiger partial charge in [0.25, 0.3) is 0 Å². The quantitative estimate of drug-likeness (QED) is 0.911. The molecule has 0 aromatic heterocycles. The van der Waals surface area contributed by atoms with Gasteiger partial charge in [-0.25, -0.2) is 0 Å². The molecule has 22 heavy (non-hydrogen) atoms. The van der Waals surface area contributed by atoms with Gasteiger partial charge in [-0.05, 0) is 28.8 Å². The molecular formula is C17H19F3N2. The highest BCUT2D eigenvalue weighted by Crippen LogP contribution is 2.41. The number of fused-ring (bicyclic) bond motifs is 1. The molecule has 118 valence electrons. The molecule has 1 aliphatic heterocycles. The first-order valence-corrected chi connectivity index (χ1v) is 7.48. The van der Waals surface area contributed by atoms with Crippen LogP contribution in [0.4, 0.5) is 13.2 Å². The van der Waals surface area contributed by atoms with E-state index in [1.807, 2.05) is 19.1 Å². The highest BCUT2D eigenvalue weighted by Gasteiger charge is 2.45. The largest absolute Gasteiger partial charge is 0.408 e. The molecule has 2 nitrogen and oxygen atoms in total. The highest BCUT2D eigenvalue weighted by molar-refractivity contribution is 5.89. The van der Waals surface area contributed by atoms with Crippen LogP contribution in [0.5, 0.6) is 0 Å². The fraction of sp³-hybridized carbons (Fsp3) is 0.412. The Kier molecular flexibility index (Phi) is 4.10. The van der Waals surface area contributed by atoms with Gasteiger partial charge in [-0.2, -0.15) is 13.2 Å². The number of nitrogens with one attached hydrogen (secondary N) is 1. The van der Waals surface area contributed by atoms with Gasteiger partial charge in [-0.1, -0.05) is 36.4 Å². The fourth-order valence-corrected chi connectivity index (χ4v) is 3.23. The first-order valence-electron chi connectivity index (χ1n) is 7.48. The first-order chi connectivity index (χ1) is 10.5. The fourth-order valence-electron chi connectivity index (χ4n) is 3.23. The van der Waals surface area contributed by atoms with E-state index in [1.165, 1.54) is 4.90 Å². The zero-order valence-electron chi connectivity index (χ0n) is 12.5. The van der Waals surface area contributed by atoms with Gasteiger partial charge in [0.15, 0.2) is 0 Å². The second-order valence-corrected chi connectivity index (χ2v) is 5.75. The van der Waals surface area contributed by atoms with Crippen molar-refractivity contribution in [3.63, 3.8) is 0 Å². The van der Waals surface area contributed by atoms with Crippen LogP contribution >= 0.6 is 0 Å². The Bertz CT molecular complexity index is 660. The number of aryl methyl sites for hydroxylation is 1. The molecule has 0 unspecified atom stereocenters. The molecule has 3 rings (SSSR count). The van der Waals surface area contributed by atoms with Crippen molar-refractivity contribution in [2.45, 2.75) is 19.1 Å². The molecule has 0 radical (unpaired) electrons. The molecule has 5 heteroatoms. The average molecular weight is 308 g/mol. The van der Waals surface area contributed by atoms with Crippen LogP contribution in [0.1, 0.15) is 17.2 Å². The molecule has 1 atom stereocenters. The Hall–Kier alpha value is -1.59. The van der Waals surface area contributed by atoms with E-state index >= 15 is 0 Å². The van der Waals surface area contributed by atoms with E-state index in [0.717, 1.165) is 10.9 Å². The second kappa shape index (κ2) is 5.89. The lowest BCUT2D eigenvalue weighted by atomic mass is 9.94. The molecule has 1 aliphatic rings. The predicted octanol–water partition coefficient (Wildman–Crippen LogP) is 3.66. The van der Waals surface area contributed by atoms with Crippen LogP contribution in [0.2, 0.25) is 0 Å². The number of piperazine rings is 1. The van der Waals surface area contributed by atoms with Crippen LogP contribution in [0.25, 0.3) is 10.8 Å². The van der Waals surface area contributed by atoms with Crippen LogP contribution in [0, 0.1) is 6.92 Å². The molecule has 1 N–H and O–H groups in total. The minimum absolute atomic E-state index is 0.357. The Morgan fingerprint density at radius 1 is 1.00 bits per heavy atom. The van der Waals surface area contributed by atoms with Crippen LogP contribution < -0.4 is 5.32 Å². The molecule has 0 bridgehead atoms. The number of rotatable bonds is 2. The van der Waals surface area contributed by atoms with E-state index in [4.69, 9.17) is 0 Å². The predicted molar refractivity (Wildman–Crippen MR) is 81.9 cm³/mol. The summed E-state index contributed by atoms with van der Waals surface area (Å²) in [6.07, 6.45) is -4.28. The molecule has 2 aromatic rings. The van der Waals surface area contributed by atoms with Crippen molar-refractivity contribution in [2.24, 2.45) is 0 Å². The van der Waals surface area contributed by atoms with E-state index in [0.29, 0.717) is 37.1 Å². The maximum Gasteiger partial charge on any atom is 0.408 e. The lowest BCUT2D eigenvalue weighted by molar-refractivity contribution is -0.187. The Morgan fingerprint density at radius 2 is 1.64 bits per heavy atom. The van der Waals surface area contributed by atoms with Gasteiger partial charge in [0, 0.05) is 26.2 Å². The summed E-state index contributed by atoms with van der Waals surface area (Å²) in [5, 5.41) is 4.70. The minimum Gasteiger partial charge on any atom is -0.314 e. The minimum atomic E-state index is -4.28. The van der Waals surface area contributed by atoms with Crippen molar-refractivity contribution in [3.8, 4) is 0 Å². The second-order valence-electron chi connectivity index (χ2n) is 5.75. The average Bonchev–Trinajstić information content (AvgIpc) is 2.50. The van der Waals surface area contributed by atoms with Gasteiger partial charge in [0.2, 0.25) is 0 Å². The van der Waals surface area contributed by atoms with Crippen LogP contribution in [0.3, 0.4) is 0 Å². The number of alkyl halides is 3. The number of nitrogens with zero attached hydrogens (tertiary/aromatic N) is 1. The maximum atomic E-state index is 13.8. The monoisotopic (exact) mass is 308 g/mol. The zero-order valence-corrected chi connectivity index (χ0v) is 12.5. The van der Waals surface area contributed by atoms with Gasteiger partial charge in [0.05, 0.1) is 0 Å². The highest BCUT2D eigenvalue weighted by atomic mass is 19.4. The van der Waals surface area contributed by atoms with E-state index in [1.54, 1.807) is 24.3 Å². The number of halogens is 3. The molecule has 0 spiro atoms. The third-order valence-corrected chi connectivity index (χ3v) is 4.30. The number of hydrogen-bond donors (Lipinski definition) is 1. The van der Waals surface area contributed by atoms with Gasteiger partial charge in [0.1, 0.15) is 6.04 Å². The van der Waals surface area contributed by atoms with E-state index < -0.39 is 12.2 Å². The molecule has 1 fully saturated rings. The number of hydrogen-bond acceptors (Lipinski definition) is 2.